The van der Waals surface area contributed by atoms with Gasteiger partial charge >= 0.3 is 0 Å². The molecule has 1 unspecified atom stereocenters. The third kappa shape index (κ3) is 4.89. The first kappa shape index (κ1) is 29.6. The zero-order chi connectivity index (χ0) is 33.9. The van der Waals surface area contributed by atoms with E-state index in [4.69, 9.17) is 9.98 Å². The number of rotatable bonds is 5. The Hall–Kier alpha value is -6.30. The van der Waals surface area contributed by atoms with Gasteiger partial charge in [-0.2, -0.15) is 0 Å². The second-order valence-electron chi connectivity index (χ2n) is 13.1. The van der Waals surface area contributed by atoms with Crippen molar-refractivity contribution in [2.45, 2.75) is 6.17 Å². The molecule has 10 rings (SSSR count). The molecule has 5 heteroatoms. The van der Waals surface area contributed by atoms with Gasteiger partial charge in [0.05, 0.1) is 11.0 Å². The molecule has 0 aliphatic carbocycles. The molecule has 0 radical (unpaired) electrons. The van der Waals surface area contributed by atoms with Crippen LogP contribution in [0.5, 0.6) is 0 Å². The second kappa shape index (κ2) is 11.9. The molecule has 242 valence electrons. The maximum Gasteiger partial charge on any atom is 0.159 e. The molecule has 1 atom stereocenters. The summed E-state index contributed by atoms with van der Waals surface area (Å²) in [5, 5.41) is 5.13. The molecule has 0 saturated carbocycles. The summed E-state index contributed by atoms with van der Waals surface area (Å²) in [5.74, 6) is 1.64. The van der Waals surface area contributed by atoms with Gasteiger partial charge in [0.15, 0.2) is 5.84 Å². The average molecular weight is 673 g/mol. The van der Waals surface area contributed by atoms with E-state index in [1.54, 1.807) is 0 Å². The molecule has 7 aromatic carbocycles. The predicted octanol–water partition coefficient (Wildman–Crippen LogP) is 11.7. The molecule has 0 N–H and O–H groups in total. The fraction of sp³-hybridized carbons (Fsp3) is 0.0435. The summed E-state index contributed by atoms with van der Waals surface area (Å²) in [4.78, 5) is 12.4. The van der Waals surface area contributed by atoms with Crippen molar-refractivity contribution in [3.05, 3.63) is 187 Å². The van der Waals surface area contributed by atoms with Crippen molar-refractivity contribution < 1.29 is 0 Å². The van der Waals surface area contributed by atoms with Crippen LogP contribution in [-0.4, -0.2) is 28.2 Å². The van der Waals surface area contributed by atoms with Crippen LogP contribution in [0.15, 0.2) is 180 Å². The van der Waals surface area contributed by atoms with Gasteiger partial charge < -0.3 is 9.47 Å². The number of thiophene rings is 1. The standard InChI is InChI=1S/C46H32N4S/c1-49-45(31-15-6-3-7-16-31)47-44(30-13-4-2-5-14-30)48-46(49)32-23-26-34(27-24-32)50-40-21-10-8-17-36(40)39-29-33(25-28-41(39)50)35-19-12-20-38-37-18-9-11-22-42(37)51-43(35)38/h2-29,45H,1H3. The van der Waals surface area contributed by atoms with Gasteiger partial charge in [0.2, 0.25) is 0 Å². The van der Waals surface area contributed by atoms with Crippen molar-refractivity contribution in [1.29, 1.82) is 0 Å². The van der Waals surface area contributed by atoms with Crippen LogP contribution in [0, 0.1) is 0 Å². The van der Waals surface area contributed by atoms with Gasteiger partial charge in [-0.25, -0.2) is 9.98 Å². The highest BCUT2D eigenvalue weighted by Crippen LogP contribution is 2.42. The van der Waals surface area contributed by atoms with E-state index in [1.807, 2.05) is 35.6 Å². The van der Waals surface area contributed by atoms with Crippen molar-refractivity contribution in [2.24, 2.45) is 9.98 Å². The predicted molar refractivity (Wildman–Crippen MR) is 216 cm³/mol. The lowest BCUT2D eigenvalue weighted by molar-refractivity contribution is 0.383. The van der Waals surface area contributed by atoms with Crippen molar-refractivity contribution >= 4 is 65.0 Å². The van der Waals surface area contributed by atoms with E-state index in [-0.39, 0.29) is 6.17 Å². The summed E-state index contributed by atoms with van der Waals surface area (Å²) < 4.78 is 5.04. The summed E-state index contributed by atoms with van der Waals surface area (Å²) in [6.45, 7) is 0. The SMILES string of the molecule is CN1C(c2ccc(-n3c4ccccc4c4cc(-c5cccc6c5sc5ccccc56)ccc43)cc2)=NC(c2ccccc2)=NC1c1ccccc1. The number of aliphatic imine (C=N–C) groups is 2. The van der Waals surface area contributed by atoms with Gasteiger partial charge in [0, 0.05) is 54.8 Å². The van der Waals surface area contributed by atoms with Crippen LogP contribution >= 0.6 is 11.3 Å². The summed E-state index contributed by atoms with van der Waals surface area (Å²) in [7, 11) is 2.08. The van der Waals surface area contributed by atoms with Crippen LogP contribution in [-0.2, 0) is 0 Å². The summed E-state index contributed by atoms with van der Waals surface area (Å²) in [6, 6.07) is 60.6. The molecule has 2 aromatic heterocycles. The minimum Gasteiger partial charge on any atom is -0.333 e. The third-order valence-corrected chi connectivity index (χ3v) is 11.3. The maximum absolute atomic E-state index is 5.13. The molecular weight excluding hydrogens is 641 g/mol. The van der Waals surface area contributed by atoms with Crippen LogP contribution in [0.3, 0.4) is 0 Å². The summed E-state index contributed by atoms with van der Waals surface area (Å²) in [6.07, 6.45) is -0.182. The first-order valence-electron chi connectivity index (χ1n) is 17.3. The monoisotopic (exact) mass is 672 g/mol. The molecule has 9 aromatic rings. The Balaban J connectivity index is 1.07. The van der Waals surface area contributed by atoms with Gasteiger partial charge in [-0.15, -0.1) is 11.3 Å². The zero-order valence-corrected chi connectivity index (χ0v) is 28.8. The van der Waals surface area contributed by atoms with E-state index in [9.17, 15) is 0 Å². The number of amidine groups is 2. The third-order valence-electron chi connectivity index (χ3n) is 10.1. The molecule has 0 saturated heterocycles. The van der Waals surface area contributed by atoms with Crippen molar-refractivity contribution in [3.8, 4) is 16.8 Å². The lowest BCUT2D eigenvalue weighted by Gasteiger charge is -2.32. The molecule has 1 aliphatic rings. The van der Waals surface area contributed by atoms with Gasteiger partial charge in [-0.1, -0.05) is 121 Å². The van der Waals surface area contributed by atoms with Crippen molar-refractivity contribution in [2.75, 3.05) is 7.05 Å². The number of aromatic nitrogens is 1. The number of fused-ring (bicyclic) bond motifs is 6. The first-order valence-corrected chi connectivity index (χ1v) is 18.1. The Bertz CT molecular complexity index is 2810. The van der Waals surface area contributed by atoms with Gasteiger partial charge in [0.25, 0.3) is 0 Å². The Morgan fingerprint density at radius 2 is 1.20 bits per heavy atom. The molecule has 4 nitrogen and oxygen atoms in total. The Labute approximate surface area is 299 Å². The van der Waals surface area contributed by atoms with E-state index in [1.165, 1.54) is 53.1 Å². The number of nitrogens with zero attached hydrogens (tertiary/aromatic N) is 4. The van der Waals surface area contributed by atoms with Crippen molar-refractivity contribution in [1.82, 2.24) is 9.47 Å². The highest BCUT2D eigenvalue weighted by atomic mass is 32.1. The topological polar surface area (TPSA) is 32.9 Å². The lowest BCUT2D eigenvalue weighted by Crippen LogP contribution is -2.35. The number of hydrogen-bond donors (Lipinski definition) is 0. The van der Waals surface area contributed by atoms with Crippen LogP contribution in [0.4, 0.5) is 0 Å². The maximum atomic E-state index is 5.13. The van der Waals surface area contributed by atoms with Crippen LogP contribution in [0.25, 0.3) is 58.8 Å². The Morgan fingerprint density at radius 3 is 2.02 bits per heavy atom. The molecule has 0 fully saturated rings. The molecule has 3 heterocycles. The highest BCUT2D eigenvalue weighted by molar-refractivity contribution is 7.26. The Kier molecular flexibility index (Phi) is 6.93. The molecular formula is C46H32N4S. The summed E-state index contributed by atoms with van der Waals surface area (Å²) in [5.41, 5.74) is 9.18. The quantitative estimate of drug-likeness (QED) is 0.179. The minimum absolute atomic E-state index is 0.182. The van der Waals surface area contributed by atoms with E-state index in [0.29, 0.717) is 0 Å². The van der Waals surface area contributed by atoms with Crippen LogP contribution in [0.1, 0.15) is 22.9 Å². The van der Waals surface area contributed by atoms with E-state index < -0.39 is 0 Å². The second-order valence-corrected chi connectivity index (χ2v) is 14.1. The first-order chi connectivity index (χ1) is 25.2. The van der Waals surface area contributed by atoms with Crippen LogP contribution in [0.2, 0.25) is 0 Å². The van der Waals surface area contributed by atoms with Gasteiger partial charge in [-0.3, -0.25) is 0 Å². The minimum atomic E-state index is -0.182. The van der Waals surface area contributed by atoms with Crippen LogP contribution < -0.4 is 0 Å². The van der Waals surface area contributed by atoms with E-state index in [2.05, 4.69) is 162 Å². The largest absolute Gasteiger partial charge is 0.333 e. The number of hydrogen-bond acceptors (Lipinski definition) is 4. The lowest BCUT2D eigenvalue weighted by atomic mass is 10.0. The smallest absolute Gasteiger partial charge is 0.159 e. The highest BCUT2D eigenvalue weighted by Gasteiger charge is 2.27. The molecule has 0 amide bonds. The normalized spacial score (nSPS) is 14.8. The molecule has 51 heavy (non-hydrogen) atoms. The van der Waals surface area contributed by atoms with E-state index in [0.717, 1.165) is 34.0 Å². The fourth-order valence-corrected chi connectivity index (χ4v) is 8.84. The summed E-state index contributed by atoms with van der Waals surface area (Å²) >= 11 is 1.88. The molecule has 0 spiro atoms. The fourth-order valence-electron chi connectivity index (χ4n) is 7.60. The van der Waals surface area contributed by atoms with Gasteiger partial charge in [0.1, 0.15) is 12.0 Å². The van der Waals surface area contributed by atoms with Gasteiger partial charge in [-0.05, 0) is 65.2 Å². The zero-order valence-electron chi connectivity index (χ0n) is 27.9. The molecule has 1 aliphatic heterocycles. The molecule has 0 bridgehead atoms. The Morgan fingerprint density at radius 1 is 0.529 bits per heavy atom. The van der Waals surface area contributed by atoms with E-state index >= 15 is 0 Å². The number of benzene rings is 7. The number of para-hydroxylation sites is 1. The average Bonchev–Trinajstić information content (AvgIpc) is 3.74. The van der Waals surface area contributed by atoms with Crippen molar-refractivity contribution in [3.63, 3.8) is 0 Å².